The molecule has 0 radical (unpaired) electrons. The van der Waals surface area contributed by atoms with Gasteiger partial charge in [0.25, 0.3) is 0 Å². The third-order valence-corrected chi connectivity index (χ3v) is 4.63. The molecule has 0 aliphatic heterocycles. The van der Waals surface area contributed by atoms with E-state index in [1.54, 1.807) is 11.3 Å². The van der Waals surface area contributed by atoms with Crippen molar-refractivity contribution in [3.05, 3.63) is 46.2 Å². The summed E-state index contributed by atoms with van der Waals surface area (Å²) < 4.78 is 0. The summed E-state index contributed by atoms with van der Waals surface area (Å²) in [7, 11) is 0. The molecule has 0 fully saturated rings. The second-order valence-electron chi connectivity index (χ2n) is 5.33. The molecule has 1 aliphatic rings. The van der Waals surface area contributed by atoms with Gasteiger partial charge in [0.2, 0.25) is 0 Å². The number of hydrogen-bond acceptors (Lipinski definition) is 2. The molecule has 2 aromatic rings. The quantitative estimate of drug-likeness (QED) is 0.673. The highest BCUT2D eigenvalue weighted by atomic mass is 32.1. The zero-order valence-corrected chi connectivity index (χ0v) is 12.2. The van der Waals surface area contributed by atoms with Gasteiger partial charge in [-0.2, -0.15) is 11.3 Å². The van der Waals surface area contributed by atoms with E-state index in [9.17, 15) is 0 Å². The Hall–Kier alpha value is -1.81. The molecule has 3 rings (SSSR count). The van der Waals surface area contributed by atoms with Crippen LogP contribution in [-0.4, -0.2) is 12.5 Å². The summed E-state index contributed by atoms with van der Waals surface area (Å²) in [5.41, 5.74) is 16.5. The van der Waals surface area contributed by atoms with Crippen LogP contribution in [0.4, 0.5) is 0 Å². The Morgan fingerprint density at radius 3 is 2.95 bits per heavy atom. The van der Waals surface area contributed by atoms with Gasteiger partial charge < -0.3 is 11.5 Å². The number of hydrogen-bond donors (Lipinski definition) is 2. The van der Waals surface area contributed by atoms with E-state index in [-0.39, 0.29) is 5.96 Å². The van der Waals surface area contributed by atoms with E-state index in [4.69, 9.17) is 11.5 Å². The van der Waals surface area contributed by atoms with Gasteiger partial charge in [-0.15, -0.1) is 0 Å². The van der Waals surface area contributed by atoms with Crippen molar-refractivity contribution in [3.8, 4) is 11.1 Å². The molecule has 1 aromatic heterocycles. The van der Waals surface area contributed by atoms with Crippen molar-refractivity contribution in [2.24, 2.45) is 22.4 Å². The fourth-order valence-corrected chi connectivity index (χ4v) is 3.62. The maximum atomic E-state index is 5.42. The van der Waals surface area contributed by atoms with Crippen LogP contribution in [0, 0.1) is 5.92 Å². The first-order valence-corrected chi connectivity index (χ1v) is 7.87. The first kappa shape index (κ1) is 13.2. The Morgan fingerprint density at radius 2 is 2.20 bits per heavy atom. The molecule has 0 spiro atoms. The lowest BCUT2D eigenvalue weighted by Crippen LogP contribution is -2.25. The monoisotopic (exact) mass is 285 g/mol. The molecule has 104 valence electrons. The van der Waals surface area contributed by atoms with Crippen molar-refractivity contribution in [2.45, 2.75) is 19.3 Å². The number of fused-ring (bicyclic) bond motifs is 1. The number of nitrogens with two attached hydrogens (primary N) is 2. The van der Waals surface area contributed by atoms with Gasteiger partial charge in [-0.1, -0.05) is 18.2 Å². The van der Waals surface area contributed by atoms with E-state index in [1.165, 1.54) is 22.3 Å². The van der Waals surface area contributed by atoms with Gasteiger partial charge in [0, 0.05) is 6.54 Å². The molecule has 3 nitrogen and oxygen atoms in total. The lowest BCUT2D eigenvalue weighted by Gasteiger charge is -2.25. The topological polar surface area (TPSA) is 64.4 Å². The highest BCUT2D eigenvalue weighted by Crippen LogP contribution is 2.34. The average molecular weight is 285 g/mol. The fraction of sp³-hybridized carbons (Fsp3) is 0.312. The third-order valence-electron chi connectivity index (χ3n) is 3.95. The highest BCUT2D eigenvalue weighted by Gasteiger charge is 2.21. The van der Waals surface area contributed by atoms with Crippen LogP contribution in [0.25, 0.3) is 11.1 Å². The second kappa shape index (κ2) is 5.67. The number of aliphatic imine (C=N–C) groups is 1. The lowest BCUT2D eigenvalue weighted by molar-refractivity contribution is 0.470. The molecule has 4 heteroatoms. The van der Waals surface area contributed by atoms with E-state index in [0.29, 0.717) is 5.92 Å². The minimum Gasteiger partial charge on any atom is -0.370 e. The van der Waals surface area contributed by atoms with Gasteiger partial charge in [-0.25, -0.2) is 0 Å². The summed E-state index contributed by atoms with van der Waals surface area (Å²) >= 11 is 1.75. The zero-order chi connectivity index (χ0) is 13.9. The van der Waals surface area contributed by atoms with Crippen LogP contribution in [0.1, 0.15) is 17.5 Å². The van der Waals surface area contributed by atoms with Gasteiger partial charge in [-0.3, -0.25) is 4.99 Å². The smallest absolute Gasteiger partial charge is 0.185 e. The minimum atomic E-state index is 0.197. The third kappa shape index (κ3) is 2.70. The standard InChI is InChI=1S/C16H19N3S/c17-16(18)19-9-11-4-5-15-12(8-11)2-1-3-14(15)13-6-7-20-10-13/h1-3,6-7,10-11H,4-5,8-9H2,(H4,17,18,19). The van der Waals surface area contributed by atoms with E-state index in [0.717, 1.165) is 25.8 Å². The molecule has 1 aromatic carbocycles. The second-order valence-corrected chi connectivity index (χ2v) is 6.11. The first-order valence-electron chi connectivity index (χ1n) is 6.93. The molecule has 0 bridgehead atoms. The number of guanidine groups is 1. The summed E-state index contributed by atoms with van der Waals surface area (Å²) in [5.74, 6) is 0.755. The Morgan fingerprint density at radius 1 is 1.30 bits per heavy atom. The van der Waals surface area contributed by atoms with E-state index in [2.05, 4.69) is 40.0 Å². The fourth-order valence-electron chi connectivity index (χ4n) is 2.96. The maximum Gasteiger partial charge on any atom is 0.185 e. The van der Waals surface area contributed by atoms with Crippen LogP contribution < -0.4 is 11.5 Å². The van der Waals surface area contributed by atoms with Crippen molar-refractivity contribution in [1.82, 2.24) is 0 Å². The predicted molar refractivity (Wildman–Crippen MR) is 85.9 cm³/mol. The molecule has 1 heterocycles. The average Bonchev–Trinajstić information content (AvgIpc) is 2.98. The summed E-state index contributed by atoms with van der Waals surface area (Å²) in [4.78, 5) is 4.17. The van der Waals surface area contributed by atoms with Crippen LogP contribution in [0.2, 0.25) is 0 Å². The maximum absolute atomic E-state index is 5.42. The Bertz CT molecular complexity index is 613. The number of rotatable bonds is 3. The summed E-state index contributed by atoms with van der Waals surface area (Å²) in [6.45, 7) is 0.741. The van der Waals surface area contributed by atoms with Crippen LogP contribution in [0.3, 0.4) is 0 Å². The highest BCUT2D eigenvalue weighted by molar-refractivity contribution is 7.08. The van der Waals surface area contributed by atoms with Gasteiger partial charge >= 0.3 is 0 Å². The van der Waals surface area contributed by atoms with Gasteiger partial charge in [-0.05, 0) is 64.3 Å². The van der Waals surface area contributed by atoms with E-state index < -0.39 is 0 Å². The predicted octanol–water partition coefficient (Wildman–Crippen LogP) is 2.79. The molecule has 0 saturated carbocycles. The molecular formula is C16H19N3S. The first-order chi connectivity index (χ1) is 9.74. The molecule has 0 amide bonds. The largest absolute Gasteiger partial charge is 0.370 e. The Labute approximate surface area is 123 Å². The number of thiophene rings is 1. The summed E-state index contributed by atoms with van der Waals surface area (Å²) in [5, 5.41) is 4.36. The normalized spacial score (nSPS) is 17.5. The van der Waals surface area contributed by atoms with Crippen molar-refractivity contribution >= 4 is 17.3 Å². The molecule has 0 saturated heterocycles. The molecule has 1 atom stereocenters. The van der Waals surface area contributed by atoms with Gasteiger partial charge in [0.05, 0.1) is 0 Å². The molecule has 1 aliphatic carbocycles. The van der Waals surface area contributed by atoms with Gasteiger partial charge in [0.1, 0.15) is 0 Å². The minimum absolute atomic E-state index is 0.197. The molecule has 4 N–H and O–H groups in total. The van der Waals surface area contributed by atoms with Gasteiger partial charge in [0.15, 0.2) is 5.96 Å². The SMILES string of the molecule is NC(N)=NCC1CCc2c(cccc2-c2ccsc2)C1. The van der Waals surface area contributed by atoms with Crippen molar-refractivity contribution in [3.63, 3.8) is 0 Å². The Balaban J connectivity index is 1.85. The van der Waals surface area contributed by atoms with Crippen LogP contribution in [0.5, 0.6) is 0 Å². The number of nitrogens with zero attached hydrogens (tertiary/aromatic N) is 1. The zero-order valence-electron chi connectivity index (χ0n) is 11.4. The summed E-state index contributed by atoms with van der Waals surface area (Å²) in [6.07, 6.45) is 3.35. The van der Waals surface area contributed by atoms with Crippen LogP contribution >= 0.6 is 11.3 Å². The molecule has 20 heavy (non-hydrogen) atoms. The van der Waals surface area contributed by atoms with Crippen molar-refractivity contribution in [2.75, 3.05) is 6.54 Å². The van der Waals surface area contributed by atoms with Crippen LogP contribution in [0.15, 0.2) is 40.0 Å². The van der Waals surface area contributed by atoms with E-state index in [1.807, 2.05) is 0 Å². The lowest BCUT2D eigenvalue weighted by atomic mass is 9.81. The van der Waals surface area contributed by atoms with Crippen molar-refractivity contribution < 1.29 is 0 Å². The molecular weight excluding hydrogens is 266 g/mol. The van der Waals surface area contributed by atoms with E-state index >= 15 is 0 Å². The van der Waals surface area contributed by atoms with Crippen molar-refractivity contribution in [1.29, 1.82) is 0 Å². The number of benzene rings is 1. The Kier molecular flexibility index (Phi) is 3.74. The summed E-state index contributed by atoms with van der Waals surface area (Å²) in [6, 6.07) is 8.84. The molecule has 1 unspecified atom stereocenters. The van der Waals surface area contributed by atoms with Crippen LogP contribution in [-0.2, 0) is 12.8 Å².